The lowest BCUT2D eigenvalue weighted by atomic mass is 9.91. The van der Waals surface area contributed by atoms with Crippen LogP contribution in [0.25, 0.3) is 11.0 Å². The van der Waals surface area contributed by atoms with E-state index < -0.39 is 0 Å². The first-order valence-electron chi connectivity index (χ1n) is 8.82. The molecule has 4 rings (SSSR count). The fourth-order valence-corrected chi connectivity index (χ4v) is 4.49. The predicted molar refractivity (Wildman–Crippen MR) is 102 cm³/mol. The van der Waals surface area contributed by atoms with Crippen molar-refractivity contribution < 1.29 is 4.79 Å². The number of aromatic amines is 1. The van der Waals surface area contributed by atoms with Gasteiger partial charge in [-0.05, 0) is 25.0 Å². The Kier molecular flexibility index (Phi) is 4.67. The predicted octanol–water partition coefficient (Wildman–Crippen LogP) is 2.34. The first kappa shape index (κ1) is 16.5. The Morgan fingerprint density at radius 3 is 3.12 bits per heavy atom. The van der Waals surface area contributed by atoms with Crippen molar-refractivity contribution in [3.05, 3.63) is 35.6 Å². The maximum atomic E-state index is 12.7. The summed E-state index contributed by atoms with van der Waals surface area (Å²) in [7, 11) is 0. The number of thioether (sulfide) groups is 1. The number of H-pyrrole nitrogens is 1. The molecule has 1 aliphatic carbocycles. The van der Waals surface area contributed by atoms with E-state index >= 15 is 0 Å². The number of amides is 1. The highest BCUT2D eigenvalue weighted by atomic mass is 32.2. The molecule has 0 unspecified atom stereocenters. The van der Waals surface area contributed by atoms with Crippen molar-refractivity contribution in [2.24, 2.45) is 5.73 Å². The summed E-state index contributed by atoms with van der Waals surface area (Å²) in [6.07, 6.45) is 9.91. The number of hydrogen-bond acceptors (Lipinski definition) is 5. The molecule has 0 bridgehead atoms. The maximum Gasteiger partial charge on any atom is 0.259 e. The Labute approximate surface area is 151 Å². The van der Waals surface area contributed by atoms with E-state index in [1.165, 1.54) is 0 Å². The Morgan fingerprint density at radius 1 is 1.36 bits per heavy atom. The van der Waals surface area contributed by atoms with Gasteiger partial charge in [-0.2, -0.15) is 0 Å². The summed E-state index contributed by atoms with van der Waals surface area (Å²) in [6.45, 7) is 0.870. The Hall–Kier alpha value is -1.99. The van der Waals surface area contributed by atoms with E-state index in [2.05, 4.69) is 20.2 Å². The third kappa shape index (κ3) is 3.39. The number of pyridine rings is 1. The smallest absolute Gasteiger partial charge is 0.259 e. The minimum Gasteiger partial charge on any atom is -0.347 e. The van der Waals surface area contributed by atoms with E-state index in [0.717, 1.165) is 59.6 Å². The van der Waals surface area contributed by atoms with Gasteiger partial charge < -0.3 is 20.9 Å². The fourth-order valence-electron chi connectivity index (χ4n) is 3.59. The lowest BCUT2D eigenvalue weighted by Crippen LogP contribution is -2.49. The van der Waals surface area contributed by atoms with E-state index in [1.54, 1.807) is 18.0 Å². The number of fused-ring (bicyclic) bond motifs is 1. The Bertz CT molecular complexity index is 802. The van der Waals surface area contributed by atoms with Gasteiger partial charge in [0.05, 0.1) is 10.6 Å². The molecule has 1 aliphatic heterocycles. The zero-order valence-electron chi connectivity index (χ0n) is 14.1. The van der Waals surface area contributed by atoms with Gasteiger partial charge in [0.15, 0.2) is 0 Å². The van der Waals surface area contributed by atoms with Crippen molar-refractivity contribution in [1.82, 2.24) is 15.3 Å². The molecule has 2 aromatic heterocycles. The van der Waals surface area contributed by atoms with Crippen LogP contribution in [0, 0.1) is 0 Å². The van der Waals surface area contributed by atoms with Crippen LogP contribution >= 0.6 is 11.8 Å². The van der Waals surface area contributed by atoms with Crippen molar-refractivity contribution in [3.63, 3.8) is 0 Å². The van der Waals surface area contributed by atoms with Gasteiger partial charge in [-0.25, -0.2) is 4.98 Å². The summed E-state index contributed by atoms with van der Waals surface area (Å²) in [5, 5.41) is 4.21. The molecule has 2 aliphatic rings. The molecule has 4 N–H and O–H groups in total. The molecule has 0 spiro atoms. The normalized spacial score (nSPS) is 24.2. The molecule has 0 aromatic carbocycles. The number of nitrogens with one attached hydrogen (secondary N) is 2. The van der Waals surface area contributed by atoms with Gasteiger partial charge in [0.2, 0.25) is 0 Å². The molecule has 0 saturated heterocycles. The van der Waals surface area contributed by atoms with Crippen LogP contribution in [0.3, 0.4) is 0 Å². The topological polar surface area (TPSA) is 87.0 Å². The second-order valence-corrected chi connectivity index (χ2v) is 7.77. The average Bonchev–Trinajstić information content (AvgIpc) is 3.12. The minimum atomic E-state index is -0.00332. The van der Waals surface area contributed by atoms with Crippen molar-refractivity contribution in [3.8, 4) is 0 Å². The summed E-state index contributed by atoms with van der Waals surface area (Å²) in [5.41, 5.74) is 8.10. The molecule has 132 valence electrons. The van der Waals surface area contributed by atoms with Gasteiger partial charge >= 0.3 is 0 Å². The van der Waals surface area contributed by atoms with Crippen molar-refractivity contribution in [2.45, 2.75) is 37.8 Å². The lowest BCUT2D eigenvalue weighted by Gasteiger charge is -2.31. The number of anilines is 1. The molecular formula is C18H23N5OS. The number of nitrogens with zero attached hydrogens (tertiary/aromatic N) is 2. The SMILES string of the molecule is N[C@@H]1CCCC[C@@H]1NC(=O)C1=CN(c2ccnc3[nH]ccc23)CCS1. The fraction of sp³-hybridized carbons (Fsp3) is 0.444. The standard InChI is InChI=1S/C18H23N5OS/c19-13-3-1-2-4-14(13)22-18(24)16-11-23(9-10-25-16)15-6-8-21-17-12(15)5-7-20-17/h5-8,11,13-14H,1-4,9-10,19H2,(H,20,21)(H,22,24)/t13-,14+/m1/s1. The summed E-state index contributed by atoms with van der Waals surface area (Å²) < 4.78 is 0. The molecule has 2 atom stereocenters. The van der Waals surface area contributed by atoms with Crippen LogP contribution in [-0.4, -0.2) is 40.3 Å². The van der Waals surface area contributed by atoms with Gasteiger partial charge in [-0.3, -0.25) is 4.79 Å². The first-order valence-corrected chi connectivity index (χ1v) is 9.81. The Morgan fingerprint density at radius 2 is 2.24 bits per heavy atom. The molecule has 25 heavy (non-hydrogen) atoms. The van der Waals surface area contributed by atoms with Gasteiger partial charge in [-0.15, -0.1) is 11.8 Å². The summed E-state index contributed by atoms with van der Waals surface area (Å²) in [4.78, 5) is 23.1. The monoisotopic (exact) mass is 357 g/mol. The first-order chi connectivity index (χ1) is 12.2. The average molecular weight is 357 g/mol. The molecule has 1 amide bonds. The van der Waals surface area contributed by atoms with E-state index in [1.807, 2.05) is 24.5 Å². The highest BCUT2D eigenvalue weighted by Crippen LogP contribution is 2.30. The lowest BCUT2D eigenvalue weighted by molar-refractivity contribution is -0.117. The molecule has 6 nitrogen and oxygen atoms in total. The van der Waals surface area contributed by atoms with Crippen LogP contribution in [0.4, 0.5) is 5.69 Å². The third-order valence-corrected chi connectivity index (χ3v) is 5.96. The highest BCUT2D eigenvalue weighted by molar-refractivity contribution is 8.04. The molecule has 7 heteroatoms. The zero-order chi connectivity index (χ0) is 17.2. The van der Waals surface area contributed by atoms with Crippen LogP contribution in [0.15, 0.2) is 35.6 Å². The molecule has 1 fully saturated rings. The van der Waals surface area contributed by atoms with Crippen LogP contribution in [0.2, 0.25) is 0 Å². The van der Waals surface area contributed by atoms with Crippen molar-refractivity contribution in [2.75, 3.05) is 17.2 Å². The maximum absolute atomic E-state index is 12.7. The Balaban J connectivity index is 1.54. The molecule has 0 radical (unpaired) electrons. The molecular weight excluding hydrogens is 334 g/mol. The summed E-state index contributed by atoms with van der Waals surface area (Å²) in [5.74, 6) is 0.876. The second kappa shape index (κ2) is 7.09. The van der Waals surface area contributed by atoms with Crippen molar-refractivity contribution >= 4 is 34.4 Å². The quantitative estimate of drug-likeness (QED) is 0.785. The molecule has 2 aromatic rings. The van der Waals surface area contributed by atoms with E-state index in [4.69, 9.17) is 5.73 Å². The van der Waals surface area contributed by atoms with Crippen LogP contribution in [0.1, 0.15) is 25.7 Å². The molecule has 3 heterocycles. The number of hydrogen-bond donors (Lipinski definition) is 3. The zero-order valence-corrected chi connectivity index (χ0v) is 14.9. The number of rotatable bonds is 3. The highest BCUT2D eigenvalue weighted by Gasteiger charge is 2.26. The van der Waals surface area contributed by atoms with E-state index in [9.17, 15) is 4.79 Å². The van der Waals surface area contributed by atoms with Crippen LogP contribution in [0.5, 0.6) is 0 Å². The number of nitrogens with two attached hydrogens (primary N) is 1. The van der Waals surface area contributed by atoms with Crippen LogP contribution < -0.4 is 16.0 Å². The van der Waals surface area contributed by atoms with Crippen LogP contribution in [-0.2, 0) is 4.79 Å². The number of carbonyl (C=O) groups is 1. The van der Waals surface area contributed by atoms with Crippen molar-refractivity contribution in [1.29, 1.82) is 0 Å². The molecule has 1 saturated carbocycles. The van der Waals surface area contributed by atoms with E-state index in [0.29, 0.717) is 0 Å². The number of aromatic nitrogens is 2. The number of carbonyl (C=O) groups excluding carboxylic acids is 1. The van der Waals surface area contributed by atoms with Gasteiger partial charge in [-0.1, -0.05) is 12.8 Å². The van der Waals surface area contributed by atoms with E-state index in [-0.39, 0.29) is 18.0 Å². The van der Waals surface area contributed by atoms with Gasteiger partial charge in [0.25, 0.3) is 5.91 Å². The van der Waals surface area contributed by atoms with Gasteiger partial charge in [0, 0.05) is 48.4 Å². The summed E-state index contributed by atoms with van der Waals surface area (Å²) in [6, 6.07) is 4.18. The summed E-state index contributed by atoms with van der Waals surface area (Å²) >= 11 is 1.61. The van der Waals surface area contributed by atoms with Gasteiger partial charge in [0.1, 0.15) is 5.65 Å². The largest absolute Gasteiger partial charge is 0.347 e. The third-order valence-electron chi connectivity index (χ3n) is 4.97. The second-order valence-electron chi connectivity index (χ2n) is 6.63. The minimum absolute atomic E-state index is 0.00332.